The summed E-state index contributed by atoms with van der Waals surface area (Å²) in [4.78, 5) is 37.5. The SMILES string of the molecule is Cc1ncc(C(O)=C2C(=O)C(=O)N(CCN(C)C)C2c2ccccc2)c(C)n1. The highest BCUT2D eigenvalue weighted by atomic mass is 16.3. The molecule has 1 saturated heterocycles. The Kier molecular flexibility index (Phi) is 5.56. The van der Waals surface area contributed by atoms with Gasteiger partial charge in [-0.2, -0.15) is 0 Å². The molecule has 1 fully saturated rings. The predicted octanol–water partition coefficient (Wildman–Crippen LogP) is 2.08. The van der Waals surface area contributed by atoms with Crippen LogP contribution in [0.5, 0.6) is 0 Å². The number of Topliss-reactive ketones (excluding diaryl/α,β-unsaturated/α-hetero) is 1. The van der Waals surface area contributed by atoms with Crippen LogP contribution in [0, 0.1) is 13.8 Å². The summed E-state index contributed by atoms with van der Waals surface area (Å²) in [7, 11) is 3.81. The quantitative estimate of drug-likeness (QED) is 0.486. The van der Waals surface area contributed by atoms with Gasteiger partial charge in [-0.3, -0.25) is 9.59 Å². The zero-order valence-electron chi connectivity index (χ0n) is 16.5. The average Bonchev–Trinajstić information content (AvgIpc) is 2.91. The van der Waals surface area contributed by atoms with Crippen molar-refractivity contribution in [3.63, 3.8) is 0 Å². The van der Waals surface area contributed by atoms with Crippen molar-refractivity contribution in [1.82, 2.24) is 19.8 Å². The van der Waals surface area contributed by atoms with Crippen LogP contribution >= 0.6 is 0 Å². The molecule has 0 radical (unpaired) electrons. The summed E-state index contributed by atoms with van der Waals surface area (Å²) < 4.78 is 0. The standard InChI is InChI=1S/C21H24N4O3/c1-13-16(12-22-14(2)23-13)19(26)17-18(15-8-6-5-7-9-15)25(11-10-24(3)4)21(28)20(17)27/h5-9,12,18,26H,10-11H2,1-4H3. The first kappa shape index (κ1) is 19.7. The van der Waals surface area contributed by atoms with Crippen LogP contribution in [-0.4, -0.2) is 63.7 Å². The number of ketones is 1. The predicted molar refractivity (Wildman–Crippen MR) is 106 cm³/mol. The number of carbonyl (C=O) groups excluding carboxylic acids is 2. The smallest absolute Gasteiger partial charge is 0.295 e. The van der Waals surface area contributed by atoms with Crippen LogP contribution in [0.3, 0.4) is 0 Å². The summed E-state index contributed by atoms with van der Waals surface area (Å²) in [6.07, 6.45) is 1.49. The summed E-state index contributed by atoms with van der Waals surface area (Å²) in [6.45, 7) is 4.46. The highest BCUT2D eigenvalue weighted by molar-refractivity contribution is 6.46. The number of aliphatic hydroxyl groups is 1. The number of hydrogen-bond donors (Lipinski definition) is 1. The van der Waals surface area contributed by atoms with Gasteiger partial charge in [0.1, 0.15) is 11.6 Å². The number of amides is 1. The van der Waals surface area contributed by atoms with Gasteiger partial charge in [0, 0.05) is 19.3 Å². The van der Waals surface area contributed by atoms with Crippen molar-refractivity contribution in [3.05, 3.63) is 64.7 Å². The Morgan fingerprint density at radius 2 is 1.86 bits per heavy atom. The molecule has 2 heterocycles. The third kappa shape index (κ3) is 3.66. The highest BCUT2D eigenvalue weighted by Gasteiger charge is 2.46. The monoisotopic (exact) mass is 380 g/mol. The summed E-state index contributed by atoms with van der Waals surface area (Å²) in [6, 6.07) is 8.62. The van der Waals surface area contributed by atoms with Gasteiger partial charge < -0.3 is 14.9 Å². The minimum absolute atomic E-state index is 0.0745. The molecule has 1 unspecified atom stereocenters. The molecule has 2 aromatic rings. The minimum atomic E-state index is -0.690. The molecule has 1 atom stereocenters. The lowest BCUT2D eigenvalue weighted by atomic mass is 9.95. The molecule has 28 heavy (non-hydrogen) atoms. The molecule has 1 aliphatic rings. The third-order valence-electron chi connectivity index (χ3n) is 4.80. The van der Waals surface area contributed by atoms with Gasteiger partial charge in [0.15, 0.2) is 0 Å². The van der Waals surface area contributed by atoms with Crippen molar-refractivity contribution in [3.8, 4) is 0 Å². The second-order valence-corrected chi connectivity index (χ2v) is 7.12. The summed E-state index contributed by atoms with van der Waals surface area (Å²) >= 11 is 0. The molecule has 0 bridgehead atoms. The van der Waals surface area contributed by atoms with E-state index in [1.807, 2.05) is 49.3 Å². The van der Waals surface area contributed by atoms with Crippen molar-refractivity contribution < 1.29 is 14.7 Å². The van der Waals surface area contributed by atoms with Gasteiger partial charge in [-0.1, -0.05) is 30.3 Å². The topological polar surface area (TPSA) is 86.6 Å². The third-order valence-corrected chi connectivity index (χ3v) is 4.80. The average molecular weight is 380 g/mol. The molecule has 3 rings (SSSR count). The van der Waals surface area contributed by atoms with Gasteiger partial charge in [0.05, 0.1) is 22.9 Å². The van der Waals surface area contributed by atoms with Crippen LogP contribution in [0.25, 0.3) is 5.76 Å². The molecule has 1 aromatic heterocycles. The van der Waals surface area contributed by atoms with Crippen LogP contribution in [0.15, 0.2) is 42.1 Å². The molecular formula is C21H24N4O3. The van der Waals surface area contributed by atoms with Gasteiger partial charge in [-0.05, 0) is 33.5 Å². The van der Waals surface area contributed by atoms with Gasteiger partial charge in [-0.15, -0.1) is 0 Å². The largest absolute Gasteiger partial charge is 0.507 e. The maximum Gasteiger partial charge on any atom is 0.295 e. The van der Waals surface area contributed by atoms with E-state index >= 15 is 0 Å². The first-order chi connectivity index (χ1) is 13.3. The van der Waals surface area contributed by atoms with Crippen LogP contribution < -0.4 is 0 Å². The van der Waals surface area contributed by atoms with Gasteiger partial charge >= 0.3 is 0 Å². The highest BCUT2D eigenvalue weighted by Crippen LogP contribution is 2.39. The van der Waals surface area contributed by atoms with E-state index in [0.29, 0.717) is 30.2 Å². The summed E-state index contributed by atoms with van der Waals surface area (Å²) in [5.41, 5.74) is 1.76. The Hall–Kier alpha value is -3.06. The fourth-order valence-electron chi connectivity index (χ4n) is 3.36. The van der Waals surface area contributed by atoms with Gasteiger partial charge in [0.2, 0.25) is 0 Å². The maximum absolute atomic E-state index is 12.9. The fourth-order valence-corrected chi connectivity index (χ4v) is 3.36. The minimum Gasteiger partial charge on any atom is -0.507 e. The van der Waals surface area contributed by atoms with E-state index in [1.165, 1.54) is 11.1 Å². The number of nitrogens with zero attached hydrogens (tertiary/aromatic N) is 4. The Morgan fingerprint density at radius 1 is 1.18 bits per heavy atom. The van der Waals surface area contributed by atoms with Gasteiger partial charge in [0.25, 0.3) is 11.7 Å². The number of aryl methyl sites for hydroxylation is 2. The van der Waals surface area contributed by atoms with E-state index in [2.05, 4.69) is 9.97 Å². The molecular weight excluding hydrogens is 356 g/mol. The number of aliphatic hydroxyl groups excluding tert-OH is 1. The second kappa shape index (κ2) is 7.90. The van der Waals surface area contributed by atoms with Crippen LogP contribution in [0.4, 0.5) is 0 Å². The number of benzene rings is 1. The zero-order chi connectivity index (χ0) is 20.4. The lowest BCUT2D eigenvalue weighted by molar-refractivity contribution is -0.140. The second-order valence-electron chi connectivity index (χ2n) is 7.12. The Labute approximate surface area is 164 Å². The maximum atomic E-state index is 12.9. The number of likely N-dealkylation sites (N-methyl/N-ethyl adjacent to an activating group) is 1. The number of aromatic nitrogens is 2. The molecule has 0 saturated carbocycles. The number of rotatable bonds is 5. The van der Waals surface area contributed by atoms with Crippen molar-refractivity contribution >= 4 is 17.4 Å². The molecule has 0 aliphatic carbocycles. The van der Waals surface area contributed by atoms with E-state index in [1.54, 1.807) is 13.8 Å². The lowest BCUT2D eigenvalue weighted by Crippen LogP contribution is -2.35. The van der Waals surface area contributed by atoms with E-state index in [0.717, 1.165) is 5.56 Å². The van der Waals surface area contributed by atoms with E-state index < -0.39 is 17.7 Å². The zero-order valence-corrected chi connectivity index (χ0v) is 16.5. The van der Waals surface area contributed by atoms with E-state index in [9.17, 15) is 14.7 Å². The Balaban J connectivity index is 2.16. The van der Waals surface area contributed by atoms with Crippen molar-refractivity contribution in [2.24, 2.45) is 0 Å². The van der Waals surface area contributed by atoms with E-state index in [4.69, 9.17) is 0 Å². The van der Waals surface area contributed by atoms with E-state index in [-0.39, 0.29) is 11.3 Å². The van der Waals surface area contributed by atoms with Crippen molar-refractivity contribution in [1.29, 1.82) is 0 Å². The lowest BCUT2D eigenvalue weighted by Gasteiger charge is -2.26. The van der Waals surface area contributed by atoms with Crippen LogP contribution in [0.1, 0.15) is 28.7 Å². The summed E-state index contributed by atoms with van der Waals surface area (Å²) in [5.74, 6) is -0.967. The molecule has 1 amide bonds. The number of carbonyl (C=O) groups is 2. The fraction of sp³-hybridized carbons (Fsp3) is 0.333. The number of hydrogen-bond acceptors (Lipinski definition) is 6. The van der Waals surface area contributed by atoms with Crippen LogP contribution in [-0.2, 0) is 9.59 Å². The van der Waals surface area contributed by atoms with Crippen molar-refractivity contribution in [2.75, 3.05) is 27.2 Å². The Bertz CT molecular complexity index is 938. The molecule has 0 spiro atoms. The first-order valence-corrected chi connectivity index (χ1v) is 9.10. The van der Waals surface area contributed by atoms with Crippen molar-refractivity contribution in [2.45, 2.75) is 19.9 Å². The molecule has 1 aromatic carbocycles. The molecule has 1 N–H and O–H groups in total. The first-order valence-electron chi connectivity index (χ1n) is 9.10. The molecule has 7 nitrogen and oxygen atoms in total. The summed E-state index contributed by atoms with van der Waals surface area (Å²) in [5, 5.41) is 11.0. The normalized spacial score (nSPS) is 18.9. The number of likely N-dealkylation sites (tertiary alicyclic amines) is 1. The molecule has 146 valence electrons. The molecule has 7 heteroatoms. The van der Waals surface area contributed by atoms with Gasteiger partial charge in [-0.25, -0.2) is 9.97 Å². The Morgan fingerprint density at radius 3 is 2.46 bits per heavy atom. The molecule has 1 aliphatic heterocycles. The van der Waals surface area contributed by atoms with Crippen LogP contribution in [0.2, 0.25) is 0 Å².